The third-order valence-corrected chi connectivity index (χ3v) is 4.07. The molecule has 0 unspecified atom stereocenters. The summed E-state index contributed by atoms with van der Waals surface area (Å²) in [5.41, 5.74) is 0. The van der Waals surface area contributed by atoms with Crippen LogP contribution >= 0.6 is 11.8 Å². The van der Waals surface area contributed by atoms with E-state index in [-0.39, 0.29) is 10.6 Å². The minimum absolute atomic E-state index is 0.225. The molecule has 0 N–H and O–H groups in total. The highest BCUT2D eigenvalue weighted by atomic mass is 32.2. The van der Waals surface area contributed by atoms with Gasteiger partial charge in [-0.15, -0.1) is 11.8 Å². The molecule has 78 valence electrons. The SMILES string of the molecule is CC1CC(C#N)(Sc2ccccc2F)C1. The summed E-state index contributed by atoms with van der Waals surface area (Å²) in [5.74, 6) is 0.362. The predicted molar refractivity (Wildman–Crippen MR) is 59.0 cm³/mol. The molecule has 0 radical (unpaired) electrons. The summed E-state index contributed by atoms with van der Waals surface area (Å²) in [6.07, 6.45) is 1.73. The predicted octanol–water partition coefficient (Wildman–Crippen LogP) is 3.61. The molecule has 0 spiro atoms. The minimum atomic E-state index is -0.387. The van der Waals surface area contributed by atoms with Gasteiger partial charge in [0.05, 0.1) is 6.07 Å². The summed E-state index contributed by atoms with van der Waals surface area (Å²) in [6.45, 7) is 2.12. The molecule has 2 rings (SSSR count). The molecule has 1 aliphatic rings. The molecule has 1 aromatic rings. The maximum Gasteiger partial charge on any atom is 0.136 e. The Balaban J connectivity index is 2.16. The van der Waals surface area contributed by atoms with Crippen LogP contribution in [0.2, 0.25) is 0 Å². The Morgan fingerprint density at radius 2 is 2.13 bits per heavy atom. The van der Waals surface area contributed by atoms with Gasteiger partial charge in [-0.3, -0.25) is 0 Å². The van der Waals surface area contributed by atoms with E-state index < -0.39 is 0 Å². The van der Waals surface area contributed by atoms with Crippen LogP contribution in [-0.2, 0) is 0 Å². The average Bonchev–Trinajstić information content (AvgIpc) is 2.18. The molecule has 0 amide bonds. The van der Waals surface area contributed by atoms with Gasteiger partial charge in [0.1, 0.15) is 10.6 Å². The van der Waals surface area contributed by atoms with Crippen molar-refractivity contribution in [2.75, 3.05) is 0 Å². The maximum absolute atomic E-state index is 13.4. The van der Waals surface area contributed by atoms with E-state index in [4.69, 9.17) is 5.26 Å². The quantitative estimate of drug-likeness (QED) is 0.761. The zero-order valence-electron chi connectivity index (χ0n) is 8.53. The van der Waals surface area contributed by atoms with Gasteiger partial charge in [-0.05, 0) is 30.9 Å². The molecule has 3 heteroatoms. The van der Waals surface area contributed by atoms with E-state index in [1.807, 2.05) is 0 Å². The van der Waals surface area contributed by atoms with Gasteiger partial charge in [-0.2, -0.15) is 5.26 Å². The van der Waals surface area contributed by atoms with Crippen molar-refractivity contribution in [1.82, 2.24) is 0 Å². The summed E-state index contributed by atoms with van der Waals surface area (Å²) >= 11 is 1.37. The normalized spacial score (nSPS) is 29.3. The fourth-order valence-corrected chi connectivity index (χ4v) is 3.52. The number of nitriles is 1. The topological polar surface area (TPSA) is 23.8 Å². The molecule has 0 saturated heterocycles. The number of benzene rings is 1. The molecule has 0 heterocycles. The molecule has 1 aromatic carbocycles. The lowest BCUT2D eigenvalue weighted by atomic mass is 9.76. The van der Waals surface area contributed by atoms with E-state index in [9.17, 15) is 4.39 Å². The average molecular weight is 221 g/mol. The van der Waals surface area contributed by atoms with Gasteiger partial charge >= 0.3 is 0 Å². The highest BCUT2D eigenvalue weighted by molar-refractivity contribution is 8.01. The van der Waals surface area contributed by atoms with Crippen LogP contribution in [0.3, 0.4) is 0 Å². The summed E-state index contributed by atoms with van der Waals surface area (Å²) in [4.78, 5) is 0.589. The van der Waals surface area contributed by atoms with E-state index >= 15 is 0 Å². The van der Waals surface area contributed by atoms with Crippen molar-refractivity contribution in [2.45, 2.75) is 29.4 Å². The van der Waals surface area contributed by atoms with Crippen LogP contribution < -0.4 is 0 Å². The lowest BCUT2D eigenvalue weighted by molar-refractivity contribution is 0.303. The molecular formula is C12H12FNS. The molecule has 0 aliphatic heterocycles. The highest BCUT2D eigenvalue weighted by Crippen LogP contribution is 2.50. The van der Waals surface area contributed by atoms with Gasteiger partial charge in [0.2, 0.25) is 0 Å². The third-order valence-electron chi connectivity index (χ3n) is 2.70. The summed E-state index contributed by atoms with van der Waals surface area (Å²) in [7, 11) is 0. The second-order valence-corrected chi connectivity index (χ2v) is 5.58. The van der Waals surface area contributed by atoms with Crippen molar-refractivity contribution < 1.29 is 4.39 Å². The van der Waals surface area contributed by atoms with Crippen molar-refractivity contribution in [3.63, 3.8) is 0 Å². The van der Waals surface area contributed by atoms with Crippen molar-refractivity contribution in [2.24, 2.45) is 5.92 Å². The molecule has 0 aromatic heterocycles. The van der Waals surface area contributed by atoms with Crippen LogP contribution in [0.25, 0.3) is 0 Å². The fourth-order valence-electron chi connectivity index (χ4n) is 2.00. The molecule has 15 heavy (non-hydrogen) atoms. The Hall–Kier alpha value is -1.01. The zero-order valence-corrected chi connectivity index (χ0v) is 9.35. The summed E-state index contributed by atoms with van der Waals surface area (Å²) in [6, 6.07) is 8.97. The number of nitrogens with zero attached hydrogens (tertiary/aromatic N) is 1. The van der Waals surface area contributed by atoms with Crippen LogP contribution in [0.4, 0.5) is 4.39 Å². The van der Waals surface area contributed by atoms with Gasteiger partial charge in [0, 0.05) is 4.90 Å². The third kappa shape index (κ3) is 2.00. The van der Waals surface area contributed by atoms with Gasteiger partial charge < -0.3 is 0 Å². The second-order valence-electron chi connectivity index (χ2n) is 4.15. The van der Waals surface area contributed by atoms with Gasteiger partial charge in [0.15, 0.2) is 0 Å². The van der Waals surface area contributed by atoms with E-state index in [0.717, 1.165) is 12.8 Å². The van der Waals surface area contributed by atoms with Crippen molar-refractivity contribution in [3.8, 4) is 6.07 Å². The summed E-state index contributed by atoms with van der Waals surface area (Å²) < 4.78 is 13.0. The first-order valence-corrected chi connectivity index (χ1v) is 5.82. The van der Waals surface area contributed by atoms with Crippen LogP contribution in [0.15, 0.2) is 29.2 Å². The van der Waals surface area contributed by atoms with Crippen LogP contribution in [0.1, 0.15) is 19.8 Å². The van der Waals surface area contributed by atoms with Crippen molar-refractivity contribution in [3.05, 3.63) is 30.1 Å². The Kier molecular flexibility index (Phi) is 2.70. The number of thioether (sulfide) groups is 1. The standard InChI is InChI=1S/C12H12FNS/c1-9-6-12(7-9,8-14)15-11-5-3-2-4-10(11)13/h2-5,9H,6-7H2,1H3. The highest BCUT2D eigenvalue weighted by Gasteiger charge is 2.43. The number of halogens is 1. The number of hydrogen-bond acceptors (Lipinski definition) is 2. The van der Waals surface area contributed by atoms with Crippen LogP contribution in [0.5, 0.6) is 0 Å². The Labute approximate surface area is 93.3 Å². The van der Waals surface area contributed by atoms with Gasteiger partial charge in [-0.1, -0.05) is 19.1 Å². The monoisotopic (exact) mass is 221 g/mol. The van der Waals surface area contributed by atoms with E-state index in [2.05, 4.69) is 13.0 Å². The first-order valence-electron chi connectivity index (χ1n) is 5.00. The smallest absolute Gasteiger partial charge is 0.136 e. The summed E-state index contributed by atoms with van der Waals surface area (Å²) in [5, 5.41) is 9.11. The molecule has 0 atom stereocenters. The maximum atomic E-state index is 13.4. The van der Waals surface area contributed by atoms with Gasteiger partial charge in [0.25, 0.3) is 0 Å². The van der Waals surface area contributed by atoms with Crippen molar-refractivity contribution in [1.29, 1.82) is 5.26 Å². The minimum Gasteiger partial charge on any atom is -0.206 e. The number of hydrogen-bond donors (Lipinski definition) is 0. The Bertz CT molecular complexity index is 404. The van der Waals surface area contributed by atoms with E-state index in [0.29, 0.717) is 10.8 Å². The molecule has 1 aliphatic carbocycles. The molecule has 1 fully saturated rings. The van der Waals surface area contributed by atoms with Crippen molar-refractivity contribution >= 4 is 11.8 Å². The molecule has 1 saturated carbocycles. The molecule has 1 nitrogen and oxygen atoms in total. The zero-order chi connectivity index (χ0) is 10.9. The lowest BCUT2D eigenvalue weighted by Crippen LogP contribution is -2.38. The lowest BCUT2D eigenvalue weighted by Gasteiger charge is -2.40. The second kappa shape index (κ2) is 3.86. The molecular weight excluding hydrogens is 209 g/mol. The molecule has 0 bridgehead atoms. The first-order chi connectivity index (χ1) is 7.15. The van der Waals surface area contributed by atoms with E-state index in [1.165, 1.54) is 17.8 Å². The van der Waals surface area contributed by atoms with E-state index in [1.54, 1.807) is 18.2 Å². The Morgan fingerprint density at radius 3 is 2.67 bits per heavy atom. The van der Waals surface area contributed by atoms with Crippen LogP contribution in [0, 0.1) is 23.1 Å². The van der Waals surface area contributed by atoms with Crippen LogP contribution in [-0.4, -0.2) is 4.75 Å². The Morgan fingerprint density at radius 1 is 1.47 bits per heavy atom. The number of rotatable bonds is 2. The largest absolute Gasteiger partial charge is 0.206 e. The first kappa shape index (κ1) is 10.5. The van der Waals surface area contributed by atoms with Gasteiger partial charge in [-0.25, -0.2) is 4.39 Å². The fraction of sp³-hybridized carbons (Fsp3) is 0.417.